The van der Waals surface area contributed by atoms with Gasteiger partial charge in [0.25, 0.3) is 0 Å². The van der Waals surface area contributed by atoms with E-state index in [1.165, 1.54) is 0 Å². The topological polar surface area (TPSA) is 61.4 Å². The van der Waals surface area contributed by atoms with Crippen molar-refractivity contribution in [2.24, 2.45) is 0 Å². The van der Waals surface area contributed by atoms with Gasteiger partial charge in [-0.25, -0.2) is 8.78 Å². The van der Waals surface area contributed by atoms with Gasteiger partial charge < -0.3 is 15.5 Å². The van der Waals surface area contributed by atoms with Crippen LogP contribution >= 0.6 is 0 Å². The number of rotatable bonds is 6. The average Bonchev–Trinajstić information content (AvgIpc) is 2.32. The predicted molar refractivity (Wildman–Crippen MR) is 71.2 cm³/mol. The molecule has 2 N–H and O–H groups in total. The summed E-state index contributed by atoms with van der Waals surface area (Å²) in [4.78, 5) is 24.8. The van der Waals surface area contributed by atoms with E-state index in [2.05, 4.69) is 10.6 Å². The van der Waals surface area contributed by atoms with Gasteiger partial charge in [0, 0.05) is 19.2 Å². The Bertz CT molecular complexity index is 493. The van der Waals surface area contributed by atoms with E-state index in [1.54, 1.807) is 0 Å². The van der Waals surface area contributed by atoms with Gasteiger partial charge in [0.15, 0.2) is 0 Å². The average molecular weight is 285 g/mol. The number of hydrogen-bond donors (Lipinski definition) is 2. The highest BCUT2D eigenvalue weighted by molar-refractivity contribution is 6.03. The molecule has 0 fully saturated rings. The first-order chi connectivity index (χ1) is 9.38. The van der Waals surface area contributed by atoms with Crippen LogP contribution in [-0.4, -0.2) is 43.9 Å². The summed E-state index contributed by atoms with van der Waals surface area (Å²) < 4.78 is 26.0. The number of nitrogens with one attached hydrogen (secondary N) is 2. The molecule has 0 aromatic heterocycles. The molecule has 7 heteroatoms. The van der Waals surface area contributed by atoms with E-state index >= 15 is 0 Å². The van der Waals surface area contributed by atoms with Gasteiger partial charge in [0.2, 0.25) is 11.8 Å². The summed E-state index contributed by atoms with van der Waals surface area (Å²) in [7, 11) is 3.71. The van der Waals surface area contributed by atoms with E-state index < -0.39 is 29.9 Å². The van der Waals surface area contributed by atoms with Crippen molar-refractivity contribution in [3.05, 3.63) is 29.8 Å². The van der Waals surface area contributed by atoms with Crippen molar-refractivity contribution in [3.8, 4) is 0 Å². The zero-order chi connectivity index (χ0) is 15.1. The first-order valence-electron chi connectivity index (χ1n) is 6.05. The molecular formula is C13H17F2N3O2. The number of carbonyl (C=O) groups excluding carboxylic acids is 2. The van der Waals surface area contributed by atoms with Gasteiger partial charge in [-0.3, -0.25) is 9.59 Å². The third-order valence-corrected chi connectivity index (χ3v) is 2.41. The molecule has 110 valence electrons. The van der Waals surface area contributed by atoms with Crippen LogP contribution in [0, 0.1) is 11.6 Å². The summed E-state index contributed by atoms with van der Waals surface area (Å²) in [6.07, 6.45) is -0.412. The second kappa shape index (κ2) is 7.54. The molecule has 0 spiro atoms. The summed E-state index contributed by atoms with van der Waals surface area (Å²) >= 11 is 0. The molecule has 0 saturated heterocycles. The van der Waals surface area contributed by atoms with Gasteiger partial charge in [0.1, 0.15) is 18.1 Å². The Balaban J connectivity index is 2.41. The molecule has 0 aliphatic carbocycles. The predicted octanol–water partition coefficient (Wildman–Crippen LogP) is 0.971. The normalized spacial score (nSPS) is 10.4. The van der Waals surface area contributed by atoms with Gasteiger partial charge in [0.05, 0.1) is 5.69 Å². The lowest BCUT2D eigenvalue weighted by molar-refractivity contribution is -0.126. The first-order valence-corrected chi connectivity index (χ1v) is 6.05. The Morgan fingerprint density at radius 1 is 1.20 bits per heavy atom. The summed E-state index contributed by atoms with van der Waals surface area (Å²) in [5.74, 6) is -2.72. The standard InChI is InChI=1S/C13H17F2N3O2/c1-18(2)6-5-16-12(19)8-13(20)17-11-4-3-9(14)7-10(11)15/h3-4,7H,5-6,8H2,1-2H3,(H,16,19)(H,17,20). The Kier molecular flexibility index (Phi) is 6.05. The molecule has 0 aliphatic rings. The molecular weight excluding hydrogens is 268 g/mol. The van der Waals surface area contributed by atoms with Crippen molar-refractivity contribution in [3.63, 3.8) is 0 Å². The van der Waals surface area contributed by atoms with Crippen LogP contribution in [0.5, 0.6) is 0 Å². The van der Waals surface area contributed by atoms with E-state index in [-0.39, 0.29) is 5.69 Å². The van der Waals surface area contributed by atoms with Gasteiger partial charge in [-0.2, -0.15) is 0 Å². The number of nitrogens with zero attached hydrogens (tertiary/aromatic N) is 1. The SMILES string of the molecule is CN(C)CCNC(=O)CC(=O)Nc1ccc(F)cc1F. The smallest absolute Gasteiger partial charge is 0.233 e. The van der Waals surface area contributed by atoms with Gasteiger partial charge in [-0.15, -0.1) is 0 Å². The highest BCUT2D eigenvalue weighted by Gasteiger charge is 2.12. The van der Waals surface area contributed by atoms with Crippen LogP contribution in [0.15, 0.2) is 18.2 Å². The number of carbonyl (C=O) groups is 2. The van der Waals surface area contributed by atoms with Crippen molar-refractivity contribution in [1.29, 1.82) is 0 Å². The monoisotopic (exact) mass is 285 g/mol. The van der Waals surface area contributed by atoms with Crippen molar-refractivity contribution < 1.29 is 18.4 Å². The molecule has 2 amide bonds. The van der Waals surface area contributed by atoms with Crippen LogP contribution in [0.2, 0.25) is 0 Å². The summed E-state index contributed by atoms with van der Waals surface area (Å²) in [5, 5.41) is 4.77. The minimum absolute atomic E-state index is 0.155. The minimum Gasteiger partial charge on any atom is -0.354 e. The molecule has 5 nitrogen and oxygen atoms in total. The first kappa shape index (κ1) is 16.0. The molecule has 0 aliphatic heterocycles. The van der Waals surface area contributed by atoms with Crippen molar-refractivity contribution in [2.75, 3.05) is 32.5 Å². The third-order valence-electron chi connectivity index (χ3n) is 2.41. The fourth-order valence-corrected chi connectivity index (χ4v) is 1.41. The van der Waals surface area contributed by atoms with E-state index in [1.807, 2.05) is 19.0 Å². The van der Waals surface area contributed by atoms with Crippen molar-refractivity contribution >= 4 is 17.5 Å². The Hall–Kier alpha value is -2.02. The summed E-state index contributed by atoms with van der Waals surface area (Å²) in [6.45, 7) is 1.07. The zero-order valence-corrected chi connectivity index (χ0v) is 11.4. The molecule has 0 atom stereocenters. The maximum absolute atomic E-state index is 13.3. The van der Waals surface area contributed by atoms with E-state index in [4.69, 9.17) is 0 Å². The van der Waals surface area contributed by atoms with Crippen molar-refractivity contribution in [1.82, 2.24) is 10.2 Å². The fourth-order valence-electron chi connectivity index (χ4n) is 1.41. The van der Waals surface area contributed by atoms with Gasteiger partial charge >= 0.3 is 0 Å². The number of halogens is 2. The Morgan fingerprint density at radius 2 is 1.90 bits per heavy atom. The number of anilines is 1. The highest BCUT2D eigenvalue weighted by Crippen LogP contribution is 2.14. The Labute approximate surface area is 115 Å². The second-order valence-electron chi connectivity index (χ2n) is 4.50. The molecule has 1 rings (SSSR count). The molecule has 1 aromatic carbocycles. The van der Waals surface area contributed by atoms with E-state index in [0.29, 0.717) is 19.2 Å². The van der Waals surface area contributed by atoms with Crippen LogP contribution in [-0.2, 0) is 9.59 Å². The van der Waals surface area contributed by atoms with Crippen LogP contribution < -0.4 is 10.6 Å². The lowest BCUT2D eigenvalue weighted by Crippen LogP contribution is -2.33. The second-order valence-corrected chi connectivity index (χ2v) is 4.50. The maximum atomic E-state index is 13.3. The molecule has 0 unspecified atom stereocenters. The summed E-state index contributed by atoms with van der Waals surface area (Å²) in [5.41, 5.74) is -0.155. The lowest BCUT2D eigenvalue weighted by Gasteiger charge is -2.10. The largest absolute Gasteiger partial charge is 0.354 e. The highest BCUT2D eigenvalue weighted by atomic mass is 19.1. The van der Waals surface area contributed by atoms with Crippen LogP contribution in [0.25, 0.3) is 0 Å². The van der Waals surface area contributed by atoms with Gasteiger partial charge in [-0.05, 0) is 26.2 Å². The molecule has 1 aromatic rings. The number of amides is 2. The van der Waals surface area contributed by atoms with E-state index in [9.17, 15) is 18.4 Å². The Morgan fingerprint density at radius 3 is 2.50 bits per heavy atom. The maximum Gasteiger partial charge on any atom is 0.233 e. The van der Waals surface area contributed by atoms with Gasteiger partial charge in [-0.1, -0.05) is 0 Å². The fraction of sp³-hybridized carbons (Fsp3) is 0.385. The quantitative estimate of drug-likeness (QED) is 0.766. The van der Waals surface area contributed by atoms with Crippen LogP contribution in [0.3, 0.4) is 0 Å². The lowest BCUT2D eigenvalue weighted by atomic mass is 10.2. The molecule has 0 radical (unpaired) electrons. The van der Waals surface area contributed by atoms with E-state index in [0.717, 1.165) is 12.1 Å². The molecule has 0 heterocycles. The third kappa shape index (κ3) is 5.75. The minimum atomic E-state index is -0.883. The number of benzene rings is 1. The van der Waals surface area contributed by atoms with Crippen LogP contribution in [0.4, 0.5) is 14.5 Å². The van der Waals surface area contributed by atoms with Crippen LogP contribution in [0.1, 0.15) is 6.42 Å². The number of hydrogen-bond acceptors (Lipinski definition) is 3. The van der Waals surface area contributed by atoms with Crippen molar-refractivity contribution in [2.45, 2.75) is 6.42 Å². The zero-order valence-electron chi connectivity index (χ0n) is 11.4. The molecule has 0 saturated carbocycles. The summed E-state index contributed by atoms with van der Waals surface area (Å²) in [6, 6.07) is 2.79. The molecule has 0 bridgehead atoms. The number of likely N-dealkylation sites (N-methyl/N-ethyl adjacent to an activating group) is 1. The molecule has 20 heavy (non-hydrogen) atoms.